The molecule has 26 heavy (non-hydrogen) atoms. The van der Waals surface area contributed by atoms with E-state index < -0.39 is 0 Å². The standard InChI is InChI=1S/C20H13N5O/c21-13-15(18-9-3-6-12-25(18)14-22)19(16-7-1-4-10-23-16)20(26)17-8-2-5-11-24-17/h1-12,26H/b18-15+,20-19+. The van der Waals surface area contributed by atoms with Crippen molar-refractivity contribution in [1.82, 2.24) is 14.9 Å². The summed E-state index contributed by atoms with van der Waals surface area (Å²) in [4.78, 5) is 9.67. The second-order valence-electron chi connectivity index (χ2n) is 5.20. The third kappa shape index (κ3) is 3.21. The van der Waals surface area contributed by atoms with Crippen LogP contribution in [0.2, 0.25) is 0 Å². The third-order valence-corrected chi connectivity index (χ3v) is 3.65. The molecule has 1 aliphatic heterocycles. The van der Waals surface area contributed by atoms with Gasteiger partial charge in [-0.25, -0.2) is 0 Å². The van der Waals surface area contributed by atoms with Gasteiger partial charge in [0, 0.05) is 18.6 Å². The molecule has 6 heteroatoms. The average molecular weight is 339 g/mol. The van der Waals surface area contributed by atoms with E-state index in [-0.39, 0.29) is 16.9 Å². The fraction of sp³-hybridized carbons (Fsp3) is 0. The van der Waals surface area contributed by atoms with Gasteiger partial charge in [-0.1, -0.05) is 18.2 Å². The molecule has 0 fully saturated rings. The fourth-order valence-corrected chi connectivity index (χ4v) is 2.48. The van der Waals surface area contributed by atoms with Crippen LogP contribution in [0.25, 0.3) is 11.3 Å². The Morgan fingerprint density at radius 1 is 0.962 bits per heavy atom. The molecule has 3 rings (SSSR count). The van der Waals surface area contributed by atoms with Crippen LogP contribution in [-0.4, -0.2) is 20.0 Å². The summed E-state index contributed by atoms with van der Waals surface area (Å²) in [5.74, 6) is -0.186. The predicted octanol–water partition coefficient (Wildman–Crippen LogP) is 3.55. The largest absolute Gasteiger partial charge is 0.505 e. The maximum atomic E-state index is 10.9. The molecule has 0 spiro atoms. The lowest BCUT2D eigenvalue weighted by Crippen LogP contribution is -2.13. The van der Waals surface area contributed by atoms with Crippen LogP contribution in [0.15, 0.2) is 84.5 Å². The van der Waals surface area contributed by atoms with Crippen LogP contribution in [0.1, 0.15) is 11.4 Å². The zero-order valence-electron chi connectivity index (χ0n) is 13.6. The summed E-state index contributed by atoms with van der Waals surface area (Å²) in [5.41, 5.74) is 1.39. The Morgan fingerprint density at radius 2 is 1.65 bits per heavy atom. The molecule has 2 aromatic heterocycles. The Hall–Kier alpha value is -4.16. The van der Waals surface area contributed by atoms with Gasteiger partial charge in [0.1, 0.15) is 11.8 Å². The molecule has 0 saturated heterocycles. The van der Waals surface area contributed by atoms with Crippen LogP contribution in [0.5, 0.6) is 0 Å². The van der Waals surface area contributed by atoms with Gasteiger partial charge in [0.2, 0.25) is 0 Å². The molecule has 0 aromatic carbocycles. The highest BCUT2D eigenvalue weighted by molar-refractivity contribution is 5.96. The third-order valence-electron chi connectivity index (χ3n) is 3.65. The van der Waals surface area contributed by atoms with E-state index in [9.17, 15) is 15.6 Å². The van der Waals surface area contributed by atoms with Gasteiger partial charge < -0.3 is 5.11 Å². The zero-order valence-corrected chi connectivity index (χ0v) is 13.6. The van der Waals surface area contributed by atoms with E-state index in [2.05, 4.69) is 16.0 Å². The van der Waals surface area contributed by atoms with E-state index in [1.165, 1.54) is 4.90 Å². The maximum absolute atomic E-state index is 10.9. The van der Waals surface area contributed by atoms with Gasteiger partial charge in [-0.05, 0) is 36.4 Å². The summed E-state index contributed by atoms with van der Waals surface area (Å²) in [5, 5.41) is 30.1. The first-order valence-electron chi connectivity index (χ1n) is 7.71. The number of hydrogen-bond donors (Lipinski definition) is 1. The van der Waals surface area contributed by atoms with E-state index in [4.69, 9.17) is 0 Å². The maximum Gasteiger partial charge on any atom is 0.188 e. The second-order valence-corrected chi connectivity index (χ2v) is 5.20. The molecule has 0 amide bonds. The summed E-state index contributed by atoms with van der Waals surface area (Å²) in [7, 11) is 0. The number of hydrogen-bond acceptors (Lipinski definition) is 6. The summed E-state index contributed by atoms with van der Waals surface area (Å²) in [6.45, 7) is 0. The highest BCUT2D eigenvalue weighted by atomic mass is 16.3. The number of nitriles is 2. The van der Waals surface area contributed by atoms with Crippen LogP contribution < -0.4 is 0 Å². The van der Waals surface area contributed by atoms with Gasteiger partial charge in [0.15, 0.2) is 12.0 Å². The predicted molar refractivity (Wildman–Crippen MR) is 96.3 cm³/mol. The number of nitrogens with zero attached hydrogens (tertiary/aromatic N) is 5. The molecule has 2 aromatic rings. The van der Waals surface area contributed by atoms with Crippen molar-refractivity contribution in [3.63, 3.8) is 0 Å². The van der Waals surface area contributed by atoms with Crippen LogP contribution >= 0.6 is 0 Å². The average Bonchev–Trinajstić information content (AvgIpc) is 2.72. The quantitative estimate of drug-likeness (QED) is 0.522. The van der Waals surface area contributed by atoms with Crippen molar-refractivity contribution in [3.05, 3.63) is 95.9 Å². The number of aliphatic hydroxyl groups excluding tert-OH is 1. The smallest absolute Gasteiger partial charge is 0.188 e. The number of aliphatic hydroxyl groups is 1. The lowest BCUT2D eigenvalue weighted by Gasteiger charge is -2.18. The molecule has 6 nitrogen and oxygen atoms in total. The van der Waals surface area contributed by atoms with Crippen molar-refractivity contribution in [3.8, 4) is 12.3 Å². The minimum atomic E-state index is -0.186. The molecular weight excluding hydrogens is 326 g/mol. The lowest BCUT2D eigenvalue weighted by molar-refractivity contribution is 0.510. The normalized spacial score (nSPS) is 15.7. The lowest BCUT2D eigenvalue weighted by atomic mass is 9.97. The molecule has 0 saturated carbocycles. The minimum absolute atomic E-state index is 0.119. The number of allylic oxidation sites excluding steroid dienone is 5. The monoisotopic (exact) mass is 339 g/mol. The molecule has 1 N–H and O–H groups in total. The summed E-state index contributed by atoms with van der Waals surface area (Å²) >= 11 is 0. The zero-order chi connectivity index (χ0) is 18.4. The molecule has 3 heterocycles. The topological polar surface area (TPSA) is 96.8 Å². The van der Waals surface area contributed by atoms with E-state index >= 15 is 0 Å². The van der Waals surface area contributed by atoms with Crippen LogP contribution in [-0.2, 0) is 0 Å². The number of pyridine rings is 2. The van der Waals surface area contributed by atoms with Crippen molar-refractivity contribution in [2.75, 3.05) is 0 Å². The number of aromatic nitrogens is 2. The minimum Gasteiger partial charge on any atom is -0.505 e. The van der Waals surface area contributed by atoms with Crippen LogP contribution in [0.3, 0.4) is 0 Å². The van der Waals surface area contributed by atoms with Crippen LogP contribution in [0, 0.1) is 22.8 Å². The van der Waals surface area contributed by atoms with Crippen molar-refractivity contribution < 1.29 is 5.11 Å². The number of rotatable bonds is 3. The van der Waals surface area contributed by atoms with Crippen molar-refractivity contribution >= 4 is 11.3 Å². The highest BCUT2D eigenvalue weighted by Gasteiger charge is 2.23. The van der Waals surface area contributed by atoms with Crippen molar-refractivity contribution in [2.45, 2.75) is 0 Å². The van der Waals surface area contributed by atoms with E-state index in [1.807, 2.05) is 6.19 Å². The second kappa shape index (κ2) is 7.61. The van der Waals surface area contributed by atoms with Gasteiger partial charge in [0.05, 0.1) is 22.5 Å². The fourth-order valence-electron chi connectivity index (χ4n) is 2.48. The van der Waals surface area contributed by atoms with Gasteiger partial charge in [0.25, 0.3) is 0 Å². The highest BCUT2D eigenvalue weighted by Crippen LogP contribution is 2.32. The first kappa shape index (κ1) is 16.7. The summed E-state index contributed by atoms with van der Waals surface area (Å²) in [6.07, 6.45) is 11.7. The van der Waals surface area contributed by atoms with Gasteiger partial charge in [-0.3, -0.25) is 14.9 Å². The Bertz CT molecular complexity index is 1010. The molecule has 124 valence electrons. The molecule has 0 aliphatic carbocycles. The van der Waals surface area contributed by atoms with Crippen LogP contribution in [0.4, 0.5) is 0 Å². The molecule has 0 unspecified atom stereocenters. The Kier molecular flexibility index (Phi) is 4.88. The molecule has 1 aliphatic rings. The van der Waals surface area contributed by atoms with Crippen molar-refractivity contribution in [2.24, 2.45) is 0 Å². The van der Waals surface area contributed by atoms with E-state index in [1.54, 1.807) is 73.2 Å². The molecule has 0 radical (unpaired) electrons. The molecule has 0 bridgehead atoms. The molecule has 0 atom stereocenters. The Morgan fingerprint density at radius 3 is 2.23 bits per heavy atom. The summed E-state index contributed by atoms with van der Waals surface area (Å²) in [6, 6.07) is 12.4. The van der Waals surface area contributed by atoms with Gasteiger partial charge in [-0.15, -0.1) is 0 Å². The Balaban J connectivity index is 2.32. The van der Waals surface area contributed by atoms with Crippen molar-refractivity contribution in [1.29, 1.82) is 10.5 Å². The first-order chi connectivity index (χ1) is 12.8. The first-order valence-corrected chi connectivity index (χ1v) is 7.71. The van der Waals surface area contributed by atoms with Gasteiger partial charge >= 0.3 is 0 Å². The van der Waals surface area contributed by atoms with E-state index in [0.29, 0.717) is 17.1 Å². The SMILES string of the molecule is N#CC(=C1/C=CC=CN1C#N)/C(=C(\O)c1ccccn1)c1ccccn1. The Labute approximate surface area is 150 Å². The van der Waals surface area contributed by atoms with Gasteiger partial charge in [-0.2, -0.15) is 10.5 Å². The van der Waals surface area contributed by atoms with E-state index in [0.717, 1.165) is 0 Å². The molecular formula is C20H13N5O. The summed E-state index contributed by atoms with van der Waals surface area (Å²) < 4.78 is 0.